The van der Waals surface area contributed by atoms with Gasteiger partial charge in [0.05, 0.1) is 5.38 Å². The van der Waals surface area contributed by atoms with E-state index in [1.807, 2.05) is 0 Å². The summed E-state index contributed by atoms with van der Waals surface area (Å²) < 4.78 is 0. The molecular weight excluding hydrogens is 335 g/mol. The second-order valence-corrected chi connectivity index (χ2v) is 5.80. The number of ketones is 1. The Labute approximate surface area is 136 Å². The molecule has 2 N–H and O–H groups in total. The van der Waals surface area contributed by atoms with E-state index in [1.165, 1.54) is 24.3 Å². The predicted molar refractivity (Wildman–Crippen MR) is 83.8 cm³/mol. The van der Waals surface area contributed by atoms with Crippen LogP contribution in [0, 0.1) is 0 Å². The zero-order valence-electron chi connectivity index (χ0n) is 10.6. The monoisotopic (exact) mass is 344 g/mol. The average molecular weight is 346 g/mol. The van der Waals surface area contributed by atoms with Crippen molar-refractivity contribution in [3.8, 4) is 11.5 Å². The summed E-state index contributed by atoms with van der Waals surface area (Å²) in [5, 5.41) is 17.4. The largest absolute Gasteiger partial charge is 0.508 e. The van der Waals surface area contributed by atoms with E-state index in [9.17, 15) is 15.0 Å². The Morgan fingerprint density at radius 2 is 1.71 bits per heavy atom. The van der Waals surface area contributed by atoms with E-state index >= 15 is 0 Å². The van der Waals surface area contributed by atoms with Crippen molar-refractivity contribution in [2.75, 3.05) is 0 Å². The van der Waals surface area contributed by atoms with Crippen molar-refractivity contribution < 1.29 is 15.0 Å². The summed E-state index contributed by atoms with van der Waals surface area (Å²) in [5.41, 5.74) is 0.514. The lowest BCUT2D eigenvalue weighted by Gasteiger charge is -2.16. The van der Waals surface area contributed by atoms with Crippen molar-refractivity contribution in [2.24, 2.45) is 0 Å². The highest BCUT2D eigenvalue weighted by atomic mass is 35.5. The maximum atomic E-state index is 12.3. The average Bonchev–Trinajstić information content (AvgIpc) is 2.44. The first kappa shape index (κ1) is 16.0. The molecule has 2 atom stereocenters. The Bertz CT molecular complexity index is 653. The van der Waals surface area contributed by atoms with Gasteiger partial charge < -0.3 is 10.2 Å². The Kier molecular flexibility index (Phi) is 4.99. The fourth-order valence-corrected chi connectivity index (χ4v) is 2.68. The fourth-order valence-electron chi connectivity index (χ4n) is 1.89. The number of benzene rings is 2. The summed E-state index contributed by atoms with van der Waals surface area (Å²) in [7, 11) is 0. The number of rotatable bonds is 4. The summed E-state index contributed by atoms with van der Waals surface area (Å²) in [6.45, 7) is 0. The Hall–Kier alpha value is -1.42. The maximum absolute atomic E-state index is 12.3. The minimum atomic E-state index is -1.11. The summed E-state index contributed by atoms with van der Waals surface area (Å²) in [6, 6.07) is 10.3. The van der Waals surface area contributed by atoms with E-state index in [1.54, 1.807) is 18.2 Å². The number of hydrogen-bond acceptors (Lipinski definition) is 3. The molecule has 0 aliphatic carbocycles. The number of halogens is 3. The van der Waals surface area contributed by atoms with Gasteiger partial charge in [0, 0.05) is 16.1 Å². The van der Waals surface area contributed by atoms with Gasteiger partial charge in [0.1, 0.15) is 16.9 Å². The molecule has 2 rings (SSSR count). The molecule has 0 bridgehead atoms. The summed E-state index contributed by atoms with van der Waals surface area (Å²) in [6.07, 6.45) is 0. The Balaban J connectivity index is 2.28. The van der Waals surface area contributed by atoms with Gasteiger partial charge in [-0.05, 0) is 24.3 Å². The number of alkyl halides is 2. The minimum Gasteiger partial charge on any atom is -0.508 e. The molecule has 110 valence electrons. The highest BCUT2D eigenvalue weighted by Gasteiger charge is 2.29. The Morgan fingerprint density at radius 1 is 1.05 bits per heavy atom. The molecule has 3 nitrogen and oxygen atoms in total. The highest BCUT2D eigenvalue weighted by Crippen LogP contribution is 2.35. The molecule has 0 heterocycles. The number of hydrogen-bond donors (Lipinski definition) is 2. The molecule has 0 radical (unpaired) electrons. The first-order valence-corrected chi connectivity index (χ1v) is 7.25. The second-order valence-electron chi connectivity index (χ2n) is 4.42. The van der Waals surface area contributed by atoms with E-state index < -0.39 is 16.5 Å². The predicted octanol–water partition coefficient (Wildman–Crippen LogP) is 4.52. The van der Waals surface area contributed by atoms with Crippen molar-refractivity contribution in [1.82, 2.24) is 0 Å². The number of aromatic hydroxyl groups is 2. The zero-order chi connectivity index (χ0) is 15.6. The van der Waals surface area contributed by atoms with Gasteiger partial charge in [0.25, 0.3) is 0 Å². The van der Waals surface area contributed by atoms with E-state index in [-0.39, 0.29) is 22.1 Å². The van der Waals surface area contributed by atoms with Crippen molar-refractivity contribution in [2.45, 2.75) is 10.8 Å². The minimum absolute atomic E-state index is 0.0371. The van der Waals surface area contributed by atoms with Gasteiger partial charge in [0.2, 0.25) is 0 Å². The summed E-state index contributed by atoms with van der Waals surface area (Å²) >= 11 is 18.1. The van der Waals surface area contributed by atoms with Crippen molar-refractivity contribution >= 4 is 40.6 Å². The molecular formula is C15H11Cl3O3. The normalized spacial score (nSPS) is 13.7. The molecule has 0 aliphatic rings. The summed E-state index contributed by atoms with van der Waals surface area (Å²) in [4.78, 5) is 12.3. The number of Topliss-reactive ketones (excluding diaryl/α,β-unsaturated/α-hetero) is 1. The zero-order valence-corrected chi connectivity index (χ0v) is 12.9. The third kappa shape index (κ3) is 3.62. The van der Waals surface area contributed by atoms with Gasteiger partial charge in [-0.1, -0.05) is 29.8 Å². The van der Waals surface area contributed by atoms with Crippen LogP contribution in [0.25, 0.3) is 0 Å². The fraction of sp³-hybridized carbons (Fsp3) is 0.133. The lowest BCUT2D eigenvalue weighted by Crippen LogP contribution is -2.20. The van der Waals surface area contributed by atoms with E-state index in [0.717, 1.165) is 0 Å². The van der Waals surface area contributed by atoms with E-state index in [4.69, 9.17) is 34.8 Å². The first-order valence-electron chi connectivity index (χ1n) is 6.00. The molecule has 6 heteroatoms. The van der Waals surface area contributed by atoms with Crippen LogP contribution in [0.15, 0.2) is 42.5 Å². The van der Waals surface area contributed by atoms with Crippen LogP contribution >= 0.6 is 34.8 Å². The van der Waals surface area contributed by atoms with E-state index in [2.05, 4.69) is 0 Å². The number of carbonyl (C=O) groups excluding carboxylic acids is 1. The number of para-hydroxylation sites is 1. The van der Waals surface area contributed by atoms with Crippen LogP contribution < -0.4 is 0 Å². The first-order chi connectivity index (χ1) is 9.90. The van der Waals surface area contributed by atoms with Crippen LogP contribution in [0.1, 0.15) is 21.3 Å². The van der Waals surface area contributed by atoms with Gasteiger partial charge in [-0.25, -0.2) is 0 Å². The maximum Gasteiger partial charge on any atom is 0.182 e. The van der Waals surface area contributed by atoms with Crippen LogP contribution in [0.3, 0.4) is 0 Å². The van der Waals surface area contributed by atoms with Gasteiger partial charge in [-0.2, -0.15) is 0 Å². The molecule has 0 saturated carbocycles. The quantitative estimate of drug-likeness (QED) is 0.632. The topological polar surface area (TPSA) is 57.5 Å². The molecule has 0 aromatic heterocycles. The SMILES string of the molecule is O=C(c1cc(O)cc(Cl)c1)C(Cl)C(Cl)c1ccccc1O. The third-order valence-corrected chi connectivity index (χ3v) is 4.19. The molecule has 0 aliphatic heterocycles. The van der Waals surface area contributed by atoms with Crippen molar-refractivity contribution in [1.29, 1.82) is 0 Å². The molecule has 0 fully saturated rings. The number of phenolic OH excluding ortho intramolecular Hbond substituents is 2. The highest BCUT2D eigenvalue weighted by molar-refractivity contribution is 6.40. The Morgan fingerprint density at radius 3 is 2.33 bits per heavy atom. The molecule has 0 spiro atoms. The molecule has 21 heavy (non-hydrogen) atoms. The van der Waals surface area contributed by atoms with Gasteiger partial charge >= 0.3 is 0 Å². The van der Waals surface area contributed by atoms with Gasteiger partial charge in [-0.15, -0.1) is 23.2 Å². The van der Waals surface area contributed by atoms with Crippen LogP contribution in [0.5, 0.6) is 11.5 Å². The molecule has 2 aromatic carbocycles. The van der Waals surface area contributed by atoms with Gasteiger partial charge in [-0.3, -0.25) is 4.79 Å². The molecule has 2 aromatic rings. The lowest BCUT2D eigenvalue weighted by atomic mass is 10.0. The number of carbonyl (C=O) groups is 1. The van der Waals surface area contributed by atoms with E-state index in [0.29, 0.717) is 5.56 Å². The van der Waals surface area contributed by atoms with Gasteiger partial charge in [0.15, 0.2) is 5.78 Å². The lowest BCUT2D eigenvalue weighted by molar-refractivity contribution is 0.0985. The van der Waals surface area contributed by atoms with Crippen LogP contribution in [-0.2, 0) is 0 Å². The van der Waals surface area contributed by atoms with Crippen molar-refractivity contribution in [3.63, 3.8) is 0 Å². The van der Waals surface area contributed by atoms with Crippen LogP contribution in [0.4, 0.5) is 0 Å². The van der Waals surface area contributed by atoms with Crippen molar-refractivity contribution in [3.05, 3.63) is 58.6 Å². The summed E-state index contributed by atoms with van der Waals surface area (Å²) in [5.74, 6) is -0.661. The second kappa shape index (κ2) is 6.56. The molecule has 0 amide bonds. The van der Waals surface area contributed by atoms with Crippen LogP contribution in [0.2, 0.25) is 5.02 Å². The third-order valence-electron chi connectivity index (χ3n) is 2.91. The molecule has 0 saturated heterocycles. The van der Waals surface area contributed by atoms with Crippen LogP contribution in [-0.4, -0.2) is 21.4 Å². The molecule has 2 unspecified atom stereocenters. The number of phenols is 2. The smallest absolute Gasteiger partial charge is 0.182 e. The standard InChI is InChI=1S/C15H11Cl3O3/c16-9-5-8(6-10(19)7-9)15(21)14(18)13(17)11-3-1-2-4-12(11)20/h1-7,13-14,19-20H.